The van der Waals surface area contributed by atoms with Crippen molar-refractivity contribution >= 4 is 11.9 Å². The summed E-state index contributed by atoms with van der Waals surface area (Å²) in [6.07, 6.45) is 4.87. The number of rotatable bonds is 2. The van der Waals surface area contributed by atoms with E-state index in [0.29, 0.717) is 13.0 Å². The van der Waals surface area contributed by atoms with Crippen LogP contribution < -0.4 is 0 Å². The molecule has 19 heavy (non-hydrogen) atoms. The molecule has 0 saturated carbocycles. The number of amides is 1. The number of fused-ring (bicyclic) bond motifs is 1. The Bertz CT molecular complexity index is 564. The summed E-state index contributed by atoms with van der Waals surface area (Å²) >= 11 is 0. The molecule has 98 valence electrons. The largest absolute Gasteiger partial charge is 0.481 e. The van der Waals surface area contributed by atoms with Gasteiger partial charge in [-0.1, -0.05) is 30.4 Å². The van der Waals surface area contributed by atoms with Crippen molar-refractivity contribution < 1.29 is 14.7 Å². The zero-order valence-corrected chi connectivity index (χ0v) is 10.5. The Morgan fingerprint density at radius 1 is 1.26 bits per heavy atom. The van der Waals surface area contributed by atoms with E-state index < -0.39 is 11.9 Å². The van der Waals surface area contributed by atoms with E-state index in [1.54, 1.807) is 11.0 Å². The van der Waals surface area contributed by atoms with Crippen LogP contribution in [0.15, 0.2) is 36.4 Å². The fraction of sp³-hybridized carbons (Fsp3) is 0.333. The van der Waals surface area contributed by atoms with Crippen molar-refractivity contribution in [1.82, 2.24) is 4.90 Å². The highest BCUT2D eigenvalue weighted by molar-refractivity contribution is 5.97. The summed E-state index contributed by atoms with van der Waals surface area (Å²) in [5.74, 6) is -1.26. The fourth-order valence-corrected chi connectivity index (χ4v) is 2.85. The van der Waals surface area contributed by atoms with Gasteiger partial charge in [0.25, 0.3) is 5.91 Å². The molecule has 1 heterocycles. The van der Waals surface area contributed by atoms with Crippen LogP contribution in [0, 0.1) is 5.92 Å². The Hall–Kier alpha value is -2.10. The number of hydrogen-bond acceptors (Lipinski definition) is 2. The normalized spacial score (nSPS) is 25.5. The lowest BCUT2D eigenvalue weighted by atomic mass is 9.97. The van der Waals surface area contributed by atoms with Crippen LogP contribution in [-0.4, -0.2) is 34.5 Å². The summed E-state index contributed by atoms with van der Waals surface area (Å²) < 4.78 is 0. The summed E-state index contributed by atoms with van der Waals surface area (Å²) in [6, 6.07) is 7.55. The van der Waals surface area contributed by atoms with Crippen LogP contribution in [0.5, 0.6) is 0 Å². The van der Waals surface area contributed by atoms with Gasteiger partial charge in [0.05, 0.1) is 12.0 Å². The lowest BCUT2D eigenvalue weighted by Crippen LogP contribution is -2.43. The Kier molecular flexibility index (Phi) is 2.85. The number of carboxylic acids is 1. The monoisotopic (exact) mass is 257 g/mol. The lowest BCUT2D eigenvalue weighted by Gasteiger charge is -2.33. The highest BCUT2D eigenvalue weighted by Crippen LogP contribution is 2.27. The third-order valence-corrected chi connectivity index (χ3v) is 3.91. The van der Waals surface area contributed by atoms with Crippen LogP contribution in [-0.2, 0) is 11.2 Å². The molecule has 4 nitrogen and oxygen atoms in total. The maximum absolute atomic E-state index is 12.4. The van der Waals surface area contributed by atoms with Crippen LogP contribution in [0.2, 0.25) is 0 Å². The topological polar surface area (TPSA) is 57.6 Å². The minimum Gasteiger partial charge on any atom is -0.481 e. The summed E-state index contributed by atoms with van der Waals surface area (Å²) in [5, 5.41) is 9.00. The molecule has 0 saturated heterocycles. The lowest BCUT2D eigenvalue weighted by molar-refractivity contribution is -0.140. The molecule has 3 rings (SSSR count). The first-order chi connectivity index (χ1) is 9.16. The van der Waals surface area contributed by atoms with Gasteiger partial charge in [-0.15, -0.1) is 0 Å². The first-order valence-corrected chi connectivity index (χ1v) is 6.47. The van der Waals surface area contributed by atoms with Crippen molar-refractivity contribution in [3.63, 3.8) is 0 Å². The maximum atomic E-state index is 12.4. The van der Waals surface area contributed by atoms with Gasteiger partial charge in [-0.3, -0.25) is 9.59 Å². The molecule has 2 atom stereocenters. The molecule has 4 heteroatoms. The molecule has 2 unspecified atom stereocenters. The molecule has 1 aromatic rings. The van der Waals surface area contributed by atoms with E-state index in [9.17, 15) is 9.59 Å². The van der Waals surface area contributed by atoms with Crippen LogP contribution in [0.3, 0.4) is 0 Å². The summed E-state index contributed by atoms with van der Waals surface area (Å²) in [7, 11) is 0. The van der Waals surface area contributed by atoms with E-state index in [2.05, 4.69) is 0 Å². The van der Waals surface area contributed by atoms with Gasteiger partial charge in [-0.2, -0.15) is 0 Å². The van der Waals surface area contributed by atoms with Gasteiger partial charge >= 0.3 is 5.97 Å². The highest BCUT2D eigenvalue weighted by atomic mass is 16.4. The minimum absolute atomic E-state index is 0.0162. The van der Waals surface area contributed by atoms with E-state index in [-0.39, 0.29) is 11.9 Å². The van der Waals surface area contributed by atoms with Gasteiger partial charge in [0.15, 0.2) is 0 Å². The second-order valence-corrected chi connectivity index (χ2v) is 5.04. The van der Waals surface area contributed by atoms with Crippen molar-refractivity contribution in [3.8, 4) is 0 Å². The molecule has 1 N–H and O–H groups in total. The van der Waals surface area contributed by atoms with Crippen molar-refractivity contribution in [3.05, 3.63) is 47.5 Å². The molecule has 0 spiro atoms. The molecule has 0 aromatic heterocycles. The standard InChI is InChI=1S/C15H15NO3/c17-14-13-4-2-1-3-10(13)7-8-16(14)12-6-5-11(9-12)15(18)19/h1-6,11-12H,7-9H2,(H,18,19). The second kappa shape index (κ2) is 4.53. The van der Waals surface area contributed by atoms with Crippen molar-refractivity contribution in [2.24, 2.45) is 5.92 Å². The summed E-state index contributed by atoms with van der Waals surface area (Å²) in [4.78, 5) is 25.2. The number of carbonyl (C=O) groups is 2. The third-order valence-electron chi connectivity index (χ3n) is 3.91. The molecule has 0 fully saturated rings. The van der Waals surface area contributed by atoms with Crippen molar-refractivity contribution in [2.75, 3.05) is 6.54 Å². The first kappa shape index (κ1) is 12.0. The number of carbonyl (C=O) groups excluding carboxylic acids is 1. The van der Waals surface area contributed by atoms with Gasteiger partial charge in [0.1, 0.15) is 0 Å². The van der Waals surface area contributed by atoms with Gasteiger partial charge < -0.3 is 10.0 Å². The van der Waals surface area contributed by atoms with Crippen molar-refractivity contribution in [1.29, 1.82) is 0 Å². The molecular weight excluding hydrogens is 242 g/mol. The predicted molar refractivity (Wildman–Crippen MR) is 69.9 cm³/mol. The van der Waals surface area contributed by atoms with Crippen molar-refractivity contribution in [2.45, 2.75) is 18.9 Å². The number of carboxylic acid groups (broad SMARTS) is 1. The Morgan fingerprint density at radius 2 is 2.05 bits per heavy atom. The molecule has 1 aromatic carbocycles. The molecular formula is C15H15NO3. The highest BCUT2D eigenvalue weighted by Gasteiger charge is 2.33. The summed E-state index contributed by atoms with van der Waals surface area (Å²) in [6.45, 7) is 0.664. The minimum atomic E-state index is -0.816. The van der Waals surface area contributed by atoms with E-state index in [1.807, 2.05) is 30.3 Å². The molecule has 0 bridgehead atoms. The van der Waals surface area contributed by atoms with E-state index in [0.717, 1.165) is 17.5 Å². The third kappa shape index (κ3) is 2.03. The average Bonchev–Trinajstić information content (AvgIpc) is 2.89. The van der Waals surface area contributed by atoms with Crippen LogP contribution >= 0.6 is 0 Å². The van der Waals surface area contributed by atoms with E-state index in [1.165, 1.54) is 0 Å². The van der Waals surface area contributed by atoms with Crippen LogP contribution in [0.1, 0.15) is 22.3 Å². The first-order valence-electron chi connectivity index (χ1n) is 6.47. The molecule has 1 amide bonds. The molecule has 2 aliphatic rings. The number of nitrogens with zero attached hydrogens (tertiary/aromatic N) is 1. The number of aliphatic carboxylic acids is 1. The SMILES string of the molecule is O=C(O)C1C=CC(N2CCc3ccccc3C2=O)C1. The molecule has 1 aliphatic carbocycles. The zero-order chi connectivity index (χ0) is 13.4. The zero-order valence-electron chi connectivity index (χ0n) is 10.5. The quantitative estimate of drug-likeness (QED) is 0.821. The summed E-state index contributed by atoms with van der Waals surface area (Å²) in [5.41, 5.74) is 1.83. The molecule has 1 aliphatic heterocycles. The van der Waals surface area contributed by atoms with Gasteiger partial charge in [-0.05, 0) is 24.5 Å². The van der Waals surface area contributed by atoms with E-state index >= 15 is 0 Å². The smallest absolute Gasteiger partial charge is 0.310 e. The molecule has 0 radical (unpaired) electrons. The van der Waals surface area contributed by atoms with Gasteiger partial charge in [-0.25, -0.2) is 0 Å². The predicted octanol–water partition coefficient (Wildman–Crippen LogP) is 1.71. The van der Waals surface area contributed by atoms with Crippen LogP contribution in [0.4, 0.5) is 0 Å². The number of hydrogen-bond donors (Lipinski definition) is 1. The Morgan fingerprint density at radius 3 is 2.79 bits per heavy atom. The Labute approximate surface area is 111 Å². The Balaban J connectivity index is 1.80. The van der Waals surface area contributed by atoms with Crippen LogP contribution in [0.25, 0.3) is 0 Å². The average molecular weight is 257 g/mol. The number of benzene rings is 1. The second-order valence-electron chi connectivity index (χ2n) is 5.04. The van der Waals surface area contributed by atoms with Gasteiger partial charge in [0.2, 0.25) is 0 Å². The van der Waals surface area contributed by atoms with E-state index in [4.69, 9.17) is 5.11 Å². The van der Waals surface area contributed by atoms with Gasteiger partial charge in [0, 0.05) is 12.1 Å². The fourth-order valence-electron chi connectivity index (χ4n) is 2.85. The maximum Gasteiger partial charge on any atom is 0.310 e.